The van der Waals surface area contributed by atoms with Crippen LogP contribution in [0.1, 0.15) is 45.1 Å². The van der Waals surface area contributed by atoms with Crippen molar-refractivity contribution in [3.8, 4) is 17.6 Å². The van der Waals surface area contributed by atoms with Gasteiger partial charge in [0.05, 0.1) is 18.2 Å². The highest BCUT2D eigenvalue weighted by Crippen LogP contribution is 2.28. The standard InChI is InChI=1S/C18H24N2O3/c1-3-22-17-10-14(11-19)8-9-16(17)23-12-18(21)20-15-7-5-4-6-13(15)2/h8-10,13,15H,3-7,12H2,1-2H3,(H,20,21)/t13-,15+/m1/s1. The van der Waals surface area contributed by atoms with Crippen molar-refractivity contribution in [2.24, 2.45) is 5.92 Å². The first-order chi connectivity index (χ1) is 11.1. The number of nitrogens with zero attached hydrogens (tertiary/aromatic N) is 1. The Kier molecular flexibility index (Phi) is 6.28. The number of hydrogen-bond donors (Lipinski definition) is 1. The van der Waals surface area contributed by atoms with Crippen molar-refractivity contribution < 1.29 is 14.3 Å². The number of ether oxygens (including phenoxy) is 2. The van der Waals surface area contributed by atoms with Crippen LogP contribution in [0.2, 0.25) is 0 Å². The van der Waals surface area contributed by atoms with E-state index in [-0.39, 0.29) is 18.6 Å². The van der Waals surface area contributed by atoms with Crippen LogP contribution in [0, 0.1) is 17.2 Å². The van der Waals surface area contributed by atoms with E-state index in [4.69, 9.17) is 14.7 Å². The van der Waals surface area contributed by atoms with Crippen LogP contribution in [-0.4, -0.2) is 25.2 Å². The first-order valence-corrected chi connectivity index (χ1v) is 8.23. The Balaban J connectivity index is 1.92. The monoisotopic (exact) mass is 316 g/mol. The highest BCUT2D eigenvalue weighted by atomic mass is 16.5. The zero-order chi connectivity index (χ0) is 16.7. The molecule has 5 heteroatoms. The van der Waals surface area contributed by atoms with E-state index >= 15 is 0 Å². The molecule has 23 heavy (non-hydrogen) atoms. The number of nitrogens with one attached hydrogen (secondary N) is 1. The Morgan fingerprint density at radius 2 is 2.09 bits per heavy atom. The molecule has 5 nitrogen and oxygen atoms in total. The lowest BCUT2D eigenvalue weighted by molar-refractivity contribution is -0.124. The van der Waals surface area contributed by atoms with Gasteiger partial charge in [-0.2, -0.15) is 5.26 Å². The summed E-state index contributed by atoms with van der Waals surface area (Å²) in [6.07, 6.45) is 4.61. The zero-order valence-corrected chi connectivity index (χ0v) is 13.8. The number of hydrogen-bond acceptors (Lipinski definition) is 4. The van der Waals surface area contributed by atoms with Crippen molar-refractivity contribution in [3.63, 3.8) is 0 Å². The normalized spacial score (nSPS) is 20.4. The lowest BCUT2D eigenvalue weighted by Crippen LogP contribution is -2.43. The van der Waals surface area contributed by atoms with Gasteiger partial charge in [-0.25, -0.2) is 0 Å². The van der Waals surface area contributed by atoms with Crippen LogP contribution in [0.25, 0.3) is 0 Å². The van der Waals surface area contributed by atoms with Gasteiger partial charge in [0.2, 0.25) is 0 Å². The topological polar surface area (TPSA) is 71.3 Å². The smallest absolute Gasteiger partial charge is 0.258 e. The molecule has 1 saturated carbocycles. The summed E-state index contributed by atoms with van der Waals surface area (Å²) in [5.74, 6) is 1.38. The summed E-state index contributed by atoms with van der Waals surface area (Å²) < 4.78 is 11.1. The number of benzene rings is 1. The maximum absolute atomic E-state index is 12.1. The first kappa shape index (κ1) is 17.1. The van der Waals surface area contributed by atoms with Crippen molar-refractivity contribution in [1.29, 1.82) is 5.26 Å². The van der Waals surface area contributed by atoms with E-state index in [0.717, 1.165) is 12.8 Å². The molecule has 1 aromatic carbocycles. The summed E-state index contributed by atoms with van der Waals surface area (Å²) in [6.45, 7) is 4.46. The van der Waals surface area contributed by atoms with Crippen LogP contribution in [0.3, 0.4) is 0 Å². The third-order valence-electron chi connectivity index (χ3n) is 4.19. The minimum atomic E-state index is -0.115. The average molecular weight is 316 g/mol. The molecule has 0 unspecified atom stereocenters. The fourth-order valence-corrected chi connectivity index (χ4v) is 2.89. The number of nitriles is 1. The van der Waals surface area contributed by atoms with E-state index in [1.165, 1.54) is 12.8 Å². The van der Waals surface area contributed by atoms with Crippen molar-refractivity contribution >= 4 is 5.91 Å². The van der Waals surface area contributed by atoms with E-state index in [1.807, 2.05) is 6.92 Å². The maximum atomic E-state index is 12.1. The lowest BCUT2D eigenvalue weighted by Gasteiger charge is -2.29. The van der Waals surface area contributed by atoms with E-state index in [9.17, 15) is 4.79 Å². The van der Waals surface area contributed by atoms with Gasteiger partial charge in [0, 0.05) is 12.1 Å². The third kappa shape index (κ3) is 4.88. The number of carbonyl (C=O) groups excluding carboxylic acids is 1. The predicted molar refractivity (Wildman–Crippen MR) is 87.4 cm³/mol. The molecule has 0 aliphatic heterocycles. The second-order valence-electron chi connectivity index (χ2n) is 5.93. The predicted octanol–water partition coefficient (Wildman–Crippen LogP) is 3.03. The van der Waals surface area contributed by atoms with Gasteiger partial charge in [0.25, 0.3) is 5.91 Å². The van der Waals surface area contributed by atoms with Crippen molar-refractivity contribution in [1.82, 2.24) is 5.32 Å². The maximum Gasteiger partial charge on any atom is 0.258 e. The highest BCUT2D eigenvalue weighted by Gasteiger charge is 2.23. The largest absolute Gasteiger partial charge is 0.490 e. The first-order valence-electron chi connectivity index (χ1n) is 8.23. The molecule has 1 N–H and O–H groups in total. The van der Waals surface area contributed by atoms with Gasteiger partial charge in [-0.05, 0) is 37.8 Å². The van der Waals surface area contributed by atoms with Crippen LogP contribution >= 0.6 is 0 Å². The minimum absolute atomic E-state index is 0.0464. The van der Waals surface area contributed by atoms with Crippen LogP contribution in [0.4, 0.5) is 0 Å². The van der Waals surface area contributed by atoms with Gasteiger partial charge in [0.15, 0.2) is 18.1 Å². The number of carbonyl (C=O) groups is 1. The molecule has 0 aromatic heterocycles. The molecule has 1 aliphatic rings. The van der Waals surface area contributed by atoms with E-state index in [0.29, 0.717) is 29.6 Å². The van der Waals surface area contributed by atoms with E-state index in [2.05, 4.69) is 18.3 Å². The molecule has 124 valence electrons. The van der Waals surface area contributed by atoms with Crippen LogP contribution < -0.4 is 14.8 Å². The molecular formula is C18H24N2O3. The quantitative estimate of drug-likeness (QED) is 0.875. The molecule has 1 aliphatic carbocycles. The van der Waals surface area contributed by atoms with Crippen LogP contribution in [0.15, 0.2) is 18.2 Å². The number of amides is 1. The molecule has 0 heterocycles. The molecular weight excluding hydrogens is 292 g/mol. The summed E-state index contributed by atoms with van der Waals surface area (Å²) in [5, 5.41) is 12.0. The molecule has 1 amide bonds. The molecule has 0 spiro atoms. The van der Waals surface area contributed by atoms with Gasteiger partial charge < -0.3 is 14.8 Å². The summed E-state index contributed by atoms with van der Waals surface area (Å²) in [7, 11) is 0. The summed E-state index contributed by atoms with van der Waals surface area (Å²) >= 11 is 0. The molecule has 0 saturated heterocycles. The molecule has 2 rings (SSSR count). The summed E-state index contributed by atoms with van der Waals surface area (Å²) in [6, 6.07) is 7.25. The fourth-order valence-electron chi connectivity index (χ4n) is 2.89. The van der Waals surface area contributed by atoms with E-state index < -0.39 is 0 Å². The van der Waals surface area contributed by atoms with Crippen molar-refractivity contribution in [2.75, 3.05) is 13.2 Å². The SMILES string of the molecule is CCOc1cc(C#N)ccc1OCC(=O)N[C@H]1CCCC[C@H]1C. The molecule has 1 aromatic rings. The van der Waals surface area contributed by atoms with Gasteiger partial charge in [0.1, 0.15) is 0 Å². The second kappa shape index (κ2) is 8.42. The van der Waals surface area contributed by atoms with Gasteiger partial charge >= 0.3 is 0 Å². The molecule has 0 bridgehead atoms. The van der Waals surface area contributed by atoms with Crippen LogP contribution in [0.5, 0.6) is 11.5 Å². The Morgan fingerprint density at radius 3 is 2.78 bits per heavy atom. The van der Waals surface area contributed by atoms with E-state index in [1.54, 1.807) is 18.2 Å². The lowest BCUT2D eigenvalue weighted by atomic mass is 9.86. The molecule has 1 fully saturated rings. The second-order valence-corrected chi connectivity index (χ2v) is 5.93. The Morgan fingerprint density at radius 1 is 1.30 bits per heavy atom. The number of rotatable bonds is 6. The highest BCUT2D eigenvalue weighted by molar-refractivity contribution is 5.78. The Bertz CT molecular complexity index is 580. The Labute approximate surface area is 137 Å². The molecule has 0 radical (unpaired) electrons. The molecule has 2 atom stereocenters. The summed E-state index contributed by atoms with van der Waals surface area (Å²) in [5.41, 5.74) is 0.501. The van der Waals surface area contributed by atoms with Crippen LogP contribution in [-0.2, 0) is 4.79 Å². The third-order valence-corrected chi connectivity index (χ3v) is 4.19. The van der Waals surface area contributed by atoms with Gasteiger partial charge in [-0.15, -0.1) is 0 Å². The summed E-state index contributed by atoms with van der Waals surface area (Å²) in [4.78, 5) is 12.1. The average Bonchev–Trinajstić information content (AvgIpc) is 2.56. The van der Waals surface area contributed by atoms with Crippen molar-refractivity contribution in [2.45, 2.75) is 45.6 Å². The fraction of sp³-hybridized carbons (Fsp3) is 0.556. The Hall–Kier alpha value is -2.22. The van der Waals surface area contributed by atoms with Gasteiger partial charge in [-0.3, -0.25) is 4.79 Å². The van der Waals surface area contributed by atoms with Gasteiger partial charge in [-0.1, -0.05) is 19.8 Å². The minimum Gasteiger partial charge on any atom is -0.490 e. The zero-order valence-electron chi connectivity index (χ0n) is 13.8. The van der Waals surface area contributed by atoms with Crippen molar-refractivity contribution in [3.05, 3.63) is 23.8 Å².